The lowest BCUT2D eigenvalue weighted by atomic mass is 9.49. The Kier molecular flexibility index (Phi) is 3.43. The zero-order valence-electron chi connectivity index (χ0n) is 13.2. The number of nitrogens with two attached hydrogens (primary N) is 1. The van der Waals surface area contributed by atoms with Gasteiger partial charge in [-0.3, -0.25) is 9.59 Å². The number of carbonyl (C=O) groups excluding carboxylic acids is 2. The van der Waals surface area contributed by atoms with Gasteiger partial charge in [0.25, 0.3) is 5.91 Å². The Bertz CT molecular complexity index is 589. The van der Waals surface area contributed by atoms with E-state index in [-0.39, 0.29) is 11.4 Å². The molecule has 4 fully saturated rings. The molecule has 4 bridgehead atoms. The van der Waals surface area contributed by atoms with Crippen LogP contribution in [0, 0.1) is 23.2 Å². The first-order chi connectivity index (χ1) is 11.1. The number of benzene rings is 1. The zero-order chi connectivity index (χ0) is 16.0. The van der Waals surface area contributed by atoms with Crippen molar-refractivity contribution in [1.29, 1.82) is 0 Å². The van der Waals surface area contributed by atoms with Gasteiger partial charge in [-0.1, -0.05) is 30.3 Å². The average Bonchev–Trinajstić information content (AvgIpc) is 2.51. The number of hydrogen-bond acceptors (Lipinski definition) is 3. The first-order valence-corrected chi connectivity index (χ1v) is 8.61. The fourth-order valence-corrected chi connectivity index (χ4v) is 5.51. The standard InChI is InChI=1S/C19H23NO3/c20-17(21)16(15-4-2-1-3-5-15)23-18(22)19-9-12-6-13(10-19)8-14(7-12)11-19/h1-5,12-14,16H,6-11H2,(H2,20,21)/t12?,13?,14?,16-,19?/m0/s1. The van der Waals surface area contributed by atoms with E-state index in [1.165, 1.54) is 19.3 Å². The van der Waals surface area contributed by atoms with E-state index in [0.29, 0.717) is 23.3 Å². The lowest BCUT2D eigenvalue weighted by Crippen LogP contribution is -2.51. The molecule has 0 aromatic heterocycles. The highest BCUT2D eigenvalue weighted by Crippen LogP contribution is 2.60. The SMILES string of the molecule is NC(=O)[C@@H](OC(=O)C12CC3CC(CC(C3)C1)C2)c1ccccc1. The second-order valence-electron chi connectivity index (χ2n) is 7.80. The lowest BCUT2D eigenvalue weighted by molar-refractivity contribution is -0.179. The minimum atomic E-state index is -0.975. The Morgan fingerprint density at radius 3 is 2.00 bits per heavy atom. The second kappa shape index (κ2) is 5.36. The van der Waals surface area contributed by atoms with E-state index < -0.39 is 12.0 Å². The molecule has 0 saturated heterocycles. The number of carbonyl (C=O) groups is 2. The van der Waals surface area contributed by atoms with Crippen molar-refractivity contribution in [3.8, 4) is 0 Å². The molecule has 2 N–H and O–H groups in total. The number of ether oxygens (including phenoxy) is 1. The van der Waals surface area contributed by atoms with Gasteiger partial charge in [-0.15, -0.1) is 0 Å². The molecular weight excluding hydrogens is 290 g/mol. The Labute approximate surface area is 136 Å². The van der Waals surface area contributed by atoms with Gasteiger partial charge in [-0.05, 0) is 56.3 Å². The molecule has 4 heteroatoms. The molecule has 0 radical (unpaired) electrons. The van der Waals surface area contributed by atoms with Crippen LogP contribution in [0.25, 0.3) is 0 Å². The van der Waals surface area contributed by atoms with Gasteiger partial charge in [0.15, 0.2) is 0 Å². The van der Waals surface area contributed by atoms with E-state index in [0.717, 1.165) is 19.3 Å². The quantitative estimate of drug-likeness (QED) is 0.869. The molecule has 0 heterocycles. The van der Waals surface area contributed by atoms with Crippen LogP contribution in [-0.4, -0.2) is 11.9 Å². The van der Waals surface area contributed by atoms with E-state index in [9.17, 15) is 9.59 Å². The molecule has 4 aliphatic carbocycles. The molecule has 4 saturated carbocycles. The third kappa shape index (κ3) is 2.54. The van der Waals surface area contributed by atoms with Gasteiger partial charge < -0.3 is 10.5 Å². The Morgan fingerprint density at radius 1 is 1.00 bits per heavy atom. The van der Waals surface area contributed by atoms with Gasteiger partial charge in [0.2, 0.25) is 6.10 Å². The van der Waals surface area contributed by atoms with Crippen LogP contribution in [0.2, 0.25) is 0 Å². The fraction of sp³-hybridized carbons (Fsp3) is 0.579. The van der Waals surface area contributed by atoms with E-state index in [4.69, 9.17) is 10.5 Å². The maximum Gasteiger partial charge on any atom is 0.313 e. The third-order valence-electron chi connectivity index (χ3n) is 6.06. The van der Waals surface area contributed by atoms with Crippen LogP contribution in [0.4, 0.5) is 0 Å². The van der Waals surface area contributed by atoms with Crippen molar-refractivity contribution in [2.24, 2.45) is 28.9 Å². The van der Waals surface area contributed by atoms with Gasteiger partial charge in [-0.2, -0.15) is 0 Å². The highest BCUT2D eigenvalue weighted by atomic mass is 16.5. The van der Waals surface area contributed by atoms with Crippen LogP contribution in [0.15, 0.2) is 30.3 Å². The monoisotopic (exact) mass is 313 g/mol. The average molecular weight is 313 g/mol. The van der Waals surface area contributed by atoms with Crippen molar-refractivity contribution < 1.29 is 14.3 Å². The Balaban J connectivity index is 1.56. The topological polar surface area (TPSA) is 69.4 Å². The summed E-state index contributed by atoms with van der Waals surface area (Å²) < 4.78 is 5.67. The van der Waals surface area contributed by atoms with Gasteiger partial charge in [-0.25, -0.2) is 0 Å². The van der Waals surface area contributed by atoms with Crippen molar-refractivity contribution in [1.82, 2.24) is 0 Å². The second-order valence-corrected chi connectivity index (χ2v) is 7.80. The fourth-order valence-electron chi connectivity index (χ4n) is 5.51. The number of primary amides is 1. The molecule has 0 unspecified atom stereocenters. The van der Waals surface area contributed by atoms with Crippen molar-refractivity contribution in [2.45, 2.75) is 44.6 Å². The summed E-state index contributed by atoms with van der Waals surface area (Å²) in [5.74, 6) is 1.19. The van der Waals surface area contributed by atoms with Crippen LogP contribution < -0.4 is 5.73 Å². The highest BCUT2D eigenvalue weighted by Gasteiger charge is 2.56. The number of esters is 1. The summed E-state index contributed by atoms with van der Waals surface area (Å²) in [7, 11) is 0. The zero-order valence-corrected chi connectivity index (χ0v) is 13.2. The summed E-state index contributed by atoms with van der Waals surface area (Å²) in [4.78, 5) is 24.8. The molecule has 122 valence electrons. The van der Waals surface area contributed by atoms with Crippen LogP contribution in [0.1, 0.15) is 50.2 Å². The minimum Gasteiger partial charge on any atom is -0.447 e. The van der Waals surface area contributed by atoms with E-state index in [1.807, 2.05) is 18.2 Å². The summed E-state index contributed by atoms with van der Waals surface area (Å²) in [6, 6.07) is 9.07. The summed E-state index contributed by atoms with van der Waals surface area (Å²) >= 11 is 0. The first kappa shape index (κ1) is 14.7. The van der Waals surface area contributed by atoms with Gasteiger partial charge >= 0.3 is 5.97 Å². The molecule has 4 aliphatic rings. The van der Waals surface area contributed by atoms with Crippen molar-refractivity contribution in [3.63, 3.8) is 0 Å². The van der Waals surface area contributed by atoms with Crippen LogP contribution in [-0.2, 0) is 14.3 Å². The summed E-state index contributed by atoms with van der Waals surface area (Å²) in [6.07, 6.45) is 5.62. The van der Waals surface area contributed by atoms with E-state index in [2.05, 4.69) is 0 Å². The minimum absolute atomic E-state index is 0.204. The van der Waals surface area contributed by atoms with Crippen molar-refractivity contribution in [2.75, 3.05) is 0 Å². The third-order valence-corrected chi connectivity index (χ3v) is 6.06. The molecule has 1 aromatic carbocycles. The summed E-state index contributed by atoms with van der Waals surface area (Å²) in [5.41, 5.74) is 5.78. The lowest BCUT2D eigenvalue weighted by Gasteiger charge is -2.55. The van der Waals surface area contributed by atoms with Crippen LogP contribution >= 0.6 is 0 Å². The maximum atomic E-state index is 13.0. The number of amides is 1. The Morgan fingerprint density at radius 2 is 1.52 bits per heavy atom. The Hall–Kier alpha value is -1.84. The molecule has 1 aromatic rings. The van der Waals surface area contributed by atoms with E-state index >= 15 is 0 Å². The largest absolute Gasteiger partial charge is 0.447 e. The predicted molar refractivity (Wildman–Crippen MR) is 85.1 cm³/mol. The smallest absolute Gasteiger partial charge is 0.313 e. The predicted octanol–water partition coefficient (Wildman–Crippen LogP) is 2.97. The molecule has 1 amide bonds. The molecule has 0 spiro atoms. The van der Waals surface area contributed by atoms with Gasteiger partial charge in [0.05, 0.1) is 5.41 Å². The van der Waals surface area contributed by atoms with Gasteiger partial charge in [0, 0.05) is 5.56 Å². The number of hydrogen-bond donors (Lipinski definition) is 1. The first-order valence-electron chi connectivity index (χ1n) is 8.61. The molecule has 0 aliphatic heterocycles. The van der Waals surface area contributed by atoms with E-state index in [1.54, 1.807) is 12.1 Å². The van der Waals surface area contributed by atoms with Gasteiger partial charge in [0.1, 0.15) is 0 Å². The van der Waals surface area contributed by atoms with Crippen molar-refractivity contribution >= 4 is 11.9 Å². The van der Waals surface area contributed by atoms with Crippen LogP contribution in [0.3, 0.4) is 0 Å². The normalized spacial score (nSPS) is 35.7. The molecule has 5 rings (SSSR count). The van der Waals surface area contributed by atoms with Crippen molar-refractivity contribution in [3.05, 3.63) is 35.9 Å². The van der Waals surface area contributed by atoms with Crippen LogP contribution in [0.5, 0.6) is 0 Å². The molecular formula is C19H23NO3. The molecule has 1 atom stereocenters. The number of rotatable bonds is 4. The molecule has 4 nitrogen and oxygen atoms in total. The molecule has 23 heavy (non-hydrogen) atoms. The summed E-state index contributed by atoms with van der Waals surface area (Å²) in [5, 5.41) is 0. The maximum absolute atomic E-state index is 13.0. The summed E-state index contributed by atoms with van der Waals surface area (Å²) in [6.45, 7) is 0. The highest BCUT2D eigenvalue weighted by molar-refractivity contribution is 5.85.